The number of aliphatic carboxylic acids is 1. The number of carbonyl (C=O) groups excluding carboxylic acids is 1. The molecule has 1 aromatic rings. The van der Waals surface area contributed by atoms with Crippen LogP contribution >= 0.6 is 11.8 Å². The standard InChI is InChI=1S/C15H22N2O3S/c1-10-5-6-13(11(2)9-10)17(3)15(20)16-12(14(18)19)7-8-21-4/h5-6,9,12H,7-8H2,1-4H3,(H,16,20)(H,18,19). The lowest BCUT2D eigenvalue weighted by molar-refractivity contribution is -0.139. The minimum absolute atomic E-state index is 0.406. The highest BCUT2D eigenvalue weighted by Gasteiger charge is 2.22. The maximum absolute atomic E-state index is 12.2. The van der Waals surface area contributed by atoms with Crippen LogP contribution in [0.25, 0.3) is 0 Å². The van der Waals surface area contributed by atoms with Gasteiger partial charge in [-0.15, -0.1) is 0 Å². The fourth-order valence-electron chi connectivity index (χ4n) is 2.03. The summed E-state index contributed by atoms with van der Waals surface area (Å²) in [5.41, 5.74) is 2.86. The molecule has 1 atom stereocenters. The molecule has 0 aliphatic carbocycles. The second-order valence-corrected chi connectivity index (χ2v) is 5.96. The summed E-state index contributed by atoms with van der Waals surface area (Å²) in [7, 11) is 1.64. The minimum Gasteiger partial charge on any atom is -0.480 e. The number of urea groups is 1. The molecule has 0 aliphatic rings. The molecular formula is C15H22N2O3S. The molecule has 2 amide bonds. The Balaban J connectivity index is 2.79. The molecule has 0 spiro atoms. The number of amides is 2. The van der Waals surface area contributed by atoms with Crippen LogP contribution in [0.1, 0.15) is 17.5 Å². The van der Waals surface area contributed by atoms with Gasteiger partial charge in [-0.1, -0.05) is 17.7 Å². The number of carboxylic acids is 1. The summed E-state index contributed by atoms with van der Waals surface area (Å²) in [5, 5.41) is 11.7. The number of thioether (sulfide) groups is 1. The molecule has 1 unspecified atom stereocenters. The van der Waals surface area contributed by atoms with Gasteiger partial charge in [-0.3, -0.25) is 4.90 Å². The van der Waals surface area contributed by atoms with E-state index in [2.05, 4.69) is 5.32 Å². The predicted molar refractivity (Wildman–Crippen MR) is 87.3 cm³/mol. The lowest BCUT2D eigenvalue weighted by Crippen LogP contribution is -2.47. The average Bonchev–Trinajstić information content (AvgIpc) is 2.42. The number of anilines is 1. The number of aryl methyl sites for hydroxylation is 2. The number of nitrogens with zero attached hydrogens (tertiary/aromatic N) is 1. The number of hydrogen-bond donors (Lipinski definition) is 2. The van der Waals surface area contributed by atoms with Gasteiger partial charge >= 0.3 is 12.0 Å². The Morgan fingerprint density at radius 3 is 2.57 bits per heavy atom. The van der Waals surface area contributed by atoms with Crippen molar-refractivity contribution in [2.75, 3.05) is 24.0 Å². The van der Waals surface area contributed by atoms with Crippen LogP contribution in [-0.4, -0.2) is 42.2 Å². The second kappa shape index (κ2) is 7.93. The Morgan fingerprint density at radius 1 is 1.38 bits per heavy atom. The van der Waals surface area contributed by atoms with E-state index in [-0.39, 0.29) is 0 Å². The molecule has 1 aromatic carbocycles. The predicted octanol–water partition coefficient (Wildman–Crippen LogP) is 2.66. The molecule has 2 N–H and O–H groups in total. The smallest absolute Gasteiger partial charge is 0.326 e. The van der Waals surface area contributed by atoms with Crippen LogP contribution in [-0.2, 0) is 4.79 Å². The number of benzene rings is 1. The number of nitrogens with one attached hydrogen (secondary N) is 1. The molecule has 116 valence electrons. The third-order valence-corrected chi connectivity index (χ3v) is 3.87. The summed E-state index contributed by atoms with van der Waals surface area (Å²) in [6, 6.07) is 4.51. The summed E-state index contributed by atoms with van der Waals surface area (Å²) < 4.78 is 0. The highest BCUT2D eigenvalue weighted by Crippen LogP contribution is 2.20. The molecule has 0 radical (unpaired) electrons. The van der Waals surface area contributed by atoms with Gasteiger partial charge in [0.05, 0.1) is 0 Å². The van der Waals surface area contributed by atoms with Crippen molar-refractivity contribution in [3.8, 4) is 0 Å². The maximum atomic E-state index is 12.2. The summed E-state index contributed by atoms with van der Waals surface area (Å²) >= 11 is 1.56. The van der Waals surface area contributed by atoms with Gasteiger partial charge in [0, 0.05) is 12.7 Å². The molecule has 0 saturated heterocycles. The van der Waals surface area contributed by atoms with Gasteiger partial charge in [0.1, 0.15) is 6.04 Å². The van der Waals surface area contributed by atoms with Crippen LogP contribution in [0.15, 0.2) is 18.2 Å². The van der Waals surface area contributed by atoms with Crippen LogP contribution < -0.4 is 10.2 Å². The van der Waals surface area contributed by atoms with Gasteiger partial charge < -0.3 is 10.4 Å². The molecule has 6 heteroatoms. The Hall–Kier alpha value is -1.69. The summed E-state index contributed by atoms with van der Waals surface area (Å²) in [5.74, 6) is -0.323. The van der Waals surface area contributed by atoms with Crippen molar-refractivity contribution in [1.82, 2.24) is 5.32 Å². The fourth-order valence-corrected chi connectivity index (χ4v) is 2.50. The number of carboxylic acid groups (broad SMARTS) is 1. The first kappa shape index (κ1) is 17.4. The van der Waals surface area contributed by atoms with Gasteiger partial charge in [0.15, 0.2) is 0 Å². The van der Waals surface area contributed by atoms with Crippen LogP contribution in [0.5, 0.6) is 0 Å². The Bertz CT molecular complexity index is 520. The Labute approximate surface area is 129 Å². The molecule has 21 heavy (non-hydrogen) atoms. The summed E-state index contributed by atoms with van der Waals surface area (Å²) in [6.07, 6.45) is 2.31. The van der Waals surface area contributed by atoms with E-state index in [0.717, 1.165) is 16.8 Å². The van der Waals surface area contributed by atoms with E-state index in [1.54, 1.807) is 18.8 Å². The quantitative estimate of drug-likeness (QED) is 0.847. The van der Waals surface area contributed by atoms with Gasteiger partial charge in [0.2, 0.25) is 0 Å². The number of carbonyl (C=O) groups is 2. The van der Waals surface area contributed by atoms with E-state index in [1.807, 2.05) is 38.3 Å². The molecule has 0 saturated carbocycles. The lowest BCUT2D eigenvalue weighted by Gasteiger charge is -2.23. The number of hydrogen-bond acceptors (Lipinski definition) is 3. The van der Waals surface area contributed by atoms with Gasteiger partial charge in [0.25, 0.3) is 0 Å². The number of rotatable bonds is 6. The molecule has 1 rings (SSSR count). The van der Waals surface area contributed by atoms with Gasteiger partial charge in [-0.2, -0.15) is 11.8 Å². The van der Waals surface area contributed by atoms with E-state index in [1.165, 1.54) is 4.90 Å². The topological polar surface area (TPSA) is 69.6 Å². The zero-order valence-corrected chi connectivity index (χ0v) is 13.7. The van der Waals surface area contributed by atoms with Crippen molar-refractivity contribution in [3.63, 3.8) is 0 Å². The van der Waals surface area contributed by atoms with Crippen molar-refractivity contribution >= 4 is 29.4 Å². The molecule has 0 fully saturated rings. The van der Waals surface area contributed by atoms with E-state index < -0.39 is 18.0 Å². The van der Waals surface area contributed by atoms with Crippen molar-refractivity contribution in [2.45, 2.75) is 26.3 Å². The molecule has 0 bridgehead atoms. The first-order valence-electron chi connectivity index (χ1n) is 6.70. The van der Waals surface area contributed by atoms with Crippen molar-refractivity contribution in [3.05, 3.63) is 29.3 Å². The van der Waals surface area contributed by atoms with E-state index >= 15 is 0 Å². The van der Waals surface area contributed by atoms with E-state index in [4.69, 9.17) is 5.11 Å². The second-order valence-electron chi connectivity index (χ2n) is 4.97. The first-order valence-corrected chi connectivity index (χ1v) is 8.09. The minimum atomic E-state index is -1.01. The van der Waals surface area contributed by atoms with Crippen molar-refractivity contribution < 1.29 is 14.7 Å². The highest BCUT2D eigenvalue weighted by atomic mass is 32.2. The van der Waals surface area contributed by atoms with E-state index in [9.17, 15) is 9.59 Å². The molecule has 0 heterocycles. The zero-order chi connectivity index (χ0) is 16.0. The average molecular weight is 310 g/mol. The van der Waals surface area contributed by atoms with Crippen LogP contribution in [0.3, 0.4) is 0 Å². The van der Waals surface area contributed by atoms with Gasteiger partial charge in [-0.25, -0.2) is 9.59 Å². The third-order valence-electron chi connectivity index (χ3n) is 3.22. The molecule has 0 aliphatic heterocycles. The van der Waals surface area contributed by atoms with Gasteiger partial charge in [-0.05, 0) is 43.9 Å². The van der Waals surface area contributed by atoms with Crippen molar-refractivity contribution in [2.24, 2.45) is 0 Å². The molecule has 0 aromatic heterocycles. The summed E-state index contributed by atoms with van der Waals surface area (Å²) in [6.45, 7) is 3.91. The summed E-state index contributed by atoms with van der Waals surface area (Å²) in [4.78, 5) is 24.8. The largest absolute Gasteiger partial charge is 0.480 e. The fraction of sp³-hybridized carbons (Fsp3) is 0.467. The third kappa shape index (κ3) is 4.97. The monoisotopic (exact) mass is 310 g/mol. The van der Waals surface area contributed by atoms with Crippen LogP contribution in [0.4, 0.5) is 10.5 Å². The SMILES string of the molecule is CSCCC(NC(=O)N(C)c1ccc(C)cc1C)C(=O)O. The van der Waals surface area contributed by atoms with Crippen molar-refractivity contribution in [1.29, 1.82) is 0 Å². The zero-order valence-electron chi connectivity index (χ0n) is 12.8. The Kier molecular flexibility index (Phi) is 6.55. The molecular weight excluding hydrogens is 288 g/mol. The van der Waals surface area contributed by atoms with E-state index in [0.29, 0.717) is 12.2 Å². The first-order chi connectivity index (χ1) is 9.86. The normalized spacial score (nSPS) is 11.8. The Morgan fingerprint density at radius 2 is 2.05 bits per heavy atom. The molecule has 5 nitrogen and oxygen atoms in total. The van der Waals surface area contributed by atoms with Crippen LogP contribution in [0, 0.1) is 13.8 Å². The maximum Gasteiger partial charge on any atom is 0.326 e. The van der Waals surface area contributed by atoms with Crippen LogP contribution in [0.2, 0.25) is 0 Å². The lowest BCUT2D eigenvalue weighted by atomic mass is 10.1. The highest BCUT2D eigenvalue weighted by molar-refractivity contribution is 7.98.